The Balaban J connectivity index is 1.71. The van der Waals surface area contributed by atoms with Crippen LogP contribution in [-0.4, -0.2) is 40.9 Å². The molecule has 0 N–H and O–H groups in total. The number of nitrogens with zero attached hydrogens (tertiary/aromatic N) is 7. The van der Waals surface area contributed by atoms with E-state index in [1.54, 1.807) is 29.3 Å². The highest BCUT2D eigenvalue weighted by Crippen LogP contribution is 2.26. The minimum atomic E-state index is -0.0105. The van der Waals surface area contributed by atoms with Crippen LogP contribution in [0.25, 0.3) is 16.9 Å². The van der Waals surface area contributed by atoms with Gasteiger partial charge in [-0.25, -0.2) is 0 Å². The van der Waals surface area contributed by atoms with Crippen molar-refractivity contribution in [1.82, 2.24) is 35.2 Å². The Hall–Kier alpha value is -3.52. The summed E-state index contributed by atoms with van der Waals surface area (Å²) in [6.07, 6.45) is 5.81. The fraction of sp³-hybridized carbons (Fsp3) is 0.261. The van der Waals surface area contributed by atoms with Gasteiger partial charge in [-0.1, -0.05) is 25.4 Å². The number of aromatic nitrogens is 7. The lowest BCUT2D eigenvalue weighted by Gasteiger charge is -2.12. The molecule has 3 heterocycles. The van der Waals surface area contributed by atoms with Crippen LogP contribution in [0.5, 0.6) is 0 Å². The zero-order valence-electron chi connectivity index (χ0n) is 18.0. The number of halogens is 1. The lowest BCUT2D eigenvalue weighted by atomic mass is 10.00. The number of ketones is 1. The van der Waals surface area contributed by atoms with Crippen molar-refractivity contribution in [2.45, 2.75) is 39.5 Å². The Kier molecular flexibility index (Phi) is 6.32. The van der Waals surface area contributed by atoms with Crippen LogP contribution in [0.4, 0.5) is 0 Å². The predicted molar refractivity (Wildman–Crippen MR) is 121 cm³/mol. The third-order valence-corrected chi connectivity index (χ3v) is 5.18. The molecule has 0 aliphatic rings. The summed E-state index contributed by atoms with van der Waals surface area (Å²) in [5, 5.41) is 12.6. The Bertz CT molecular complexity index is 1230. The summed E-state index contributed by atoms with van der Waals surface area (Å²) < 4.78 is 1.66. The molecule has 0 saturated carbocycles. The van der Waals surface area contributed by atoms with Crippen LogP contribution in [-0.2, 0) is 6.42 Å². The molecule has 0 radical (unpaired) electrons. The van der Waals surface area contributed by atoms with Gasteiger partial charge in [-0.3, -0.25) is 19.7 Å². The predicted octanol–water partition coefficient (Wildman–Crippen LogP) is 4.42. The summed E-state index contributed by atoms with van der Waals surface area (Å²) in [4.78, 5) is 26.1. The minimum absolute atomic E-state index is 0.0105. The second kappa shape index (κ2) is 9.32. The summed E-state index contributed by atoms with van der Waals surface area (Å²) in [6, 6.07) is 9.15. The standard InChI is InChI=1S/C23H22ClN7O/c1-14(2)23-28-29-30-31(23)20-9-16(21-6-4-18(24)12-27-21)8-17(10-20)22(32)7-5-19-13-25-15(3)11-26-19/h4,6,8-14H,5,7H2,1-3H3. The van der Waals surface area contributed by atoms with Crippen molar-refractivity contribution in [2.24, 2.45) is 0 Å². The summed E-state index contributed by atoms with van der Waals surface area (Å²) in [5.41, 5.74) is 4.36. The van der Waals surface area contributed by atoms with Crippen LogP contribution >= 0.6 is 11.6 Å². The molecule has 1 aromatic carbocycles. The molecule has 3 aromatic heterocycles. The van der Waals surface area contributed by atoms with Gasteiger partial charge in [0, 0.05) is 42.1 Å². The van der Waals surface area contributed by atoms with E-state index in [1.165, 1.54) is 0 Å². The highest BCUT2D eigenvalue weighted by Gasteiger charge is 2.17. The summed E-state index contributed by atoms with van der Waals surface area (Å²) in [7, 11) is 0. The molecular formula is C23H22ClN7O. The Labute approximate surface area is 190 Å². The highest BCUT2D eigenvalue weighted by atomic mass is 35.5. The van der Waals surface area contributed by atoms with Crippen molar-refractivity contribution >= 4 is 17.4 Å². The summed E-state index contributed by atoms with van der Waals surface area (Å²) in [5.74, 6) is 0.810. The van der Waals surface area contributed by atoms with Crippen LogP contribution in [0.2, 0.25) is 5.02 Å². The fourth-order valence-electron chi connectivity index (χ4n) is 3.26. The number of carbonyl (C=O) groups is 1. The van der Waals surface area contributed by atoms with Crippen LogP contribution in [0, 0.1) is 6.92 Å². The van der Waals surface area contributed by atoms with E-state index in [9.17, 15) is 4.79 Å². The lowest BCUT2D eigenvalue weighted by molar-refractivity contribution is 0.0982. The monoisotopic (exact) mass is 447 g/mol. The summed E-state index contributed by atoms with van der Waals surface area (Å²) in [6.45, 7) is 5.91. The second-order valence-electron chi connectivity index (χ2n) is 7.81. The number of benzene rings is 1. The first kappa shape index (κ1) is 21.7. The van der Waals surface area contributed by atoms with Gasteiger partial charge in [0.15, 0.2) is 11.6 Å². The molecule has 0 aliphatic carbocycles. The molecule has 4 rings (SSSR count). The molecule has 0 atom stereocenters. The average molecular weight is 448 g/mol. The van der Waals surface area contributed by atoms with Gasteiger partial charge in [0.05, 0.1) is 27.8 Å². The fourth-order valence-corrected chi connectivity index (χ4v) is 3.37. The van der Waals surface area contributed by atoms with Gasteiger partial charge < -0.3 is 0 Å². The zero-order valence-corrected chi connectivity index (χ0v) is 18.8. The Morgan fingerprint density at radius 2 is 1.91 bits per heavy atom. The lowest BCUT2D eigenvalue weighted by Crippen LogP contribution is -2.08. The van der Waals surface area contributed by atoms with E-state index in [4.69, 9.17) is 11.6 Å². The topological polar surface area (TPSA) is 99.3 Å². The number of aryl methyl sites for hydroxylation is 2. The second-order valence-corrected chi connectivity index (χ2v) is 8.24. The third-order valence-electron chi connectivity index (χ3n) is 4.96. The highest BCUT2D eigenvalue weighted by molar-refractivity contribution is 6.30. The van der Waals surface area contributed by atoms with Crippen LogP contribution in [0.3, 0.4) is 0 Å². The molecule has 162 valence electrons. The Morgan fingerprint density at radius 3 is 2.59 bits per heavy atom. The number of hydrogen-bond donors (Lipinski definition) is 0. The minimum Gasteiger partial charge on any atom is -0.294 e. The quantitative estimate of drug-likeness (QED) is 0.386. The smallest absolute Gasteiger partial charge is 0.163 e. The first-order valence-electron chi connectivity index (χ1n) is 10.3. The van der Waals surface area contributed by atoms with Gasteiger partial charge in [0.1, 0.15) is 0 Å². The molecule has 0 unspecified atom stereocenters. The first-order chi connectivity index (χ1) is 15.4. The zero-order chi connectivity index (χ0) is 22.7. The average Bonchev–Trinajstić information content (AvgIpc) is 3.29. The van der Waals surface area contributed by atoms with Crippen LogP contribution < -0.4 is 0 Å². The number of tetrazole rings is 1. The maximum atomic E-state index is 13.1. The van der Waals surface area contributed by atoms with Gasteiger partial charge >= 0.3 is 0 Å². The van der Waals surface area contributed by atoms with E-state index >= 15 is 0 Å². The first-order valence-corrected chi connectivity index (χ1v) is 10.6. The number of pyridine rings is 1. The van der Waals surface area contributed by atoms with E-state index < -0.39 is 0 Å². The molecule has 8 nitrogen and oxygen atoms in total. The van der Waals surface area contributed by atoms with Crippen molar-refractivity contribution in [1.29, 1.82) is 0 Å². The third kappa shape index (κ3) is 4.86. The van der Waals surface area contributed by atoms with E-state index in [0.29, 0.717) is 40.6 Å². The number of carbonyl (C=O) groups excluding carboxylic acids is 1. The maximum Gasteiger partial charge on any atom is 0.163 e. The van der Waals surface area contributed by atoms with E-state index in [1.807, 2.05) is 45.0 Å². The molecule has 9 heteroatoms. The SMILES string of the molecule is Cc1cnc(CCC(=O)c2cc(-c3ccc(Cl)cn3)cc(-n3nnnc3C(C)C)c2)cn1. The molecule has 0 fully saturated rings. The van der Waals surface area contributed by atoms with E-state index in [-0.39, 0.29) is 11.7 Å². The van der Waals surface area contributed by atoms with Gasteiger partial charge in [-0.15, -0.1) is 5.10 Å². The van der Waals surface area contributed by atoms with Crippen LogP contribution in [0.15, 0.2) is 48.9 Å². The van der Waals surface area contributed by atoms with Crippen molar-refractivity contribution in [3.63, 3.8) is 0 Å². The van der Waals surface area contributed by atoms with Gasteiger partial charge in [-0.2, -0.15) is 4.68 Å². The van der Waals surface area contributed by atoms with Crippen molar-refractivity contribution < 1.29 is 4.79 Å². The van der Waals surface area contributed by atoms with E-state index in [0.717, 1.165) is 17.0 Å². The van der Waals surface area contributed by atoms with Gasteiger partial charge in [0.25, 0.3) is 0 Å². The van der Waals surface area contributed by atoms with Gasteiger partial charge in [-0.05, 0) is 54.1 Å². The largest absolute Gasteiger partial charge is 0.294 e. The maximum absolute atomic E-state index is 13.1. The normalized spacial score (nSPS) is 11.2. The molecule has 0 amide bonds. The van der Waals surface area contributed by atoms with Crippen molar-refractivity contribution in [3.05, 3.63) is 76.7 Å². The van der Waals surface area contributed by atoms with Crippen molar-refractivity contribution in [2.75, 3.05) is 0 Å². The molecular weight excluding hydrogens is 426 g/mol. The number of rotatable bonds is 7. The van der Waals surface area contributed by atoms with Crippen molar-refractivity contribution in [3.8, 4) is 16.9 Å². The molecule has 0 bridgehead atoms. The number of Topliss-reactive ketones (excluding diaryl/α,β-unsaturated/α-hetero) is 1. The summed E-state index contributed by atoms with van der Waals surface area (Å²) >= 11 is 6.00. The van der Waals surface area contributed by atoms with Gasteiger partial charge in [0.2, 0.25) is 0 Å². The molecule has 32 heavy (non-hydrogen) atoms. The van der Waals surface area contributed by atoms with E-state index in [2.05, 4.69) is 30.5 Å². The Morgan fingerprint density at radius 1 is 1.06 bits per heavy atom. The number of hydrogen-bond acceptors (Lipinski definition) is 7. The van der Waals surface area contributed by atoms with Crippen LogP contribution in [0.1, 0.15) is 53.8 Å². The molecule has 0 spiro atoms. The molecule has 0 aliphatic heterocycles. The molecule has 4 aromatic rings. The molecule has 0 saturated heterocycles.